The molecule has 3 nitrogen and oxygen atoms in total. The first-order valence-electron chi connectivity index (χ1n) is 7.85. The number of anilines is 1. The fourth-order valence-electron chi connectivity index (χ4n) is 3.09. The first-order valence-corrected chi connectivity index (χ1v) is 9.42. The molecule has 1 unspecified atom stereocenters. The summed E-state index contributed by atoms with van der Waals surface area (Å²) in [5.74, 6) is 0.275. The maximum Gasteiger partial charge on any atom is 0.259 e. The average molecular weight is 379 g/mol. The van der Waals surface area contributed by atoms with Crippen LogP contribution < -0.4 is 5.32 Å². The smallest absolute Gasteiger partial charge is 0.259 e. The number of hydrogen-bond donors (Lipinski definition) is 1. The van der Waals surface area contributed by atoms with Gasteiger partial charge in [-0.15, -0.1) is 11.3 Å². The summed E-state index contributed by atoms with van der Waals surface area (Å²) in [6.45, 7) is 2.19. The minimum Gasteiger partial charge on any atom is -0.312 e. The van der Waals surface area contributed by atoms with Crippen molar-refractivity contribution in [3.63, 3.8) is 0 Å². The van der Waals surface area contributed by atoms with Crippen molar-refractivity contribution in [2.24, 2.45) is 5.92 Å². The highest BCUT2D eigenvalue weighted by atomic mass is 35.5. The number of hydrogen-bond acceptors (Lipinski definition) is 3. The van der Waals surface area contributed by atoms with Crippen molar-refractivity contribution in [1.29, 1.82) is 5.26 Å². The molecule has 1 heterocycles. The van der Waals surface area contributed by atoms with Crippen LogP contribution in [-0.4, -0.2) is 5.91 Å². The van der Waals surface area contributed by atoms with Crippen LogP contribution in [0.4, 0.5) is 5.00 Å². The zero-order valence-electron chi connectivity index (χ0n) is 13.2. The minimum atomic E-state index is -0.382. The molecule has 0 saturated heterocycles. The molecule has 1 N–H and O–H groups in total. The van der Waals surface area contributed by atoms with Gasteiger partial charge in [0.25, 0.3) is 5.91 Å². The van der Waals surface area contributed by atoms with Gasteiger partial charge in [-0.1, -0.05) is 42.6 Å². The summed E-state index contributed by atoms with van der Waals surface area (Å²) in [6.07, 6.45) is 4.11. The van der Waals surface area contributed by atoms with Crippen molar-refractivity contribution in [2.75, 3.05) is 5.32 Å². The van der Waals surface area contributed by atoms with Crippen LogP contribution in [0.25, 0.3) is 0 Å². The molecule has 1 atom stereocenters. The molecule has 1 aromatic carbocycles. The molecule has 2 aromatic rings. The Morgan fingerprint density at radius 3 is 2.75 bits per heavy atom. The molecule has 3 rings (SSSR count). The van der Waals surface area contributed by atoms with E-state index in [1.165, 1.54) is 16.2 Å². The fraction of sp³-hybridized carbons (Fsp3) is 0.333. The van der Waals surface area contributed by atoms with Gasteiger partial charge in [-0.3, -0.25) is 4.79 Å². The molecule has 0 fully saturated rings. The van der Waals surface area contributed by atoms with Crippen molar-refractivity contribution in [3.05, 3.63) is 49.8 Å². The molecular formula is C18H16Cl2N2OS. The van der Waals surface area contributed by atoms with Crippen molar-refractivity contribution >= 4 is 45.4 Å². The maximum absolute atomic E-state index is 12.6. The van der Waals surface area contributed by atoms with Crippen LogP contribution in [0.5, 0.6) is 0 Å². The molecule has 0 aliphatic heterocycles. The number of carbonyl (C=O) groups is 1. The number of carbonyl (C=O) groups excluding carboxylic acids is 1. The van der Waals surface area contributed by atoms with Gasteiger partial charge in [0, 0.05) is 4.88 Å². The first-order chi connectivity index (χ1) is 11.5. The van der Waals surface area contributed by atoms with Crippen LogP contribution in [0.3, 0.4) is 0 Å². The zero-order chi connectivity index (χ0) is 17.3. The zero-order valence-corrected chi connectivity index (χ0v) is 15.5. The quantitative estimate of drug-likeness (QED) is 0.744. The van der Waals surface area contributed by atoms with Crippen LogP contribution in [-0.2, 0) is 12.8 Å². The Balaban J connectivity index is 1.92. The summed E-state index contributed by atoms with van der Waals surface area (Å²) in [5, 5.41) is 13.6. The second-order valence-electron chi connectivity index (χ2n) is 5.89. The Morgan fingerprint density at radius 2 is 2.12 bits per heavy atom. The predicted octanol–water partition coefficient (Wildman–Crippen LogP) is 5.69. The monoisotopic (exact) mass is 378 g/mol. The molecule has 0 saturated carbocycles. The largest absolute Gasteiger partial charge is 0.312 e. The first kappa shape index (κ1) is 17.3. The molecule has 1 aromatic heterocycles. The van der Waals surface area contributed by atoms with E-state index in [4.69, 9.17) is 23.2 Å². The molecule has 124 valence electrons. The number of rotatable bonds is 3. The minimum absolute atomic E-state index is 0.238. The third kappa shape index (κ3) is 3.17. The molecule has 24 heavy (non-hydrogen) atoms. The van der Waals surface area contributed by atoms with E-state index >= 15 is 0 Å². The molecule has 1 aliphatic rings. The van der Waals surface area contributed by atoms with Gasteiger partial charge < -0.3 is 5.32 Å². The molecule has 1 amide bonds. The fourth-order valence-corrected chi connectivity index (χ4v) is 4.97. The summed E-state index contributed by atoms with van der Waals surface area (Å²) in [4.78, 5) is 13.8. The molecule has 0 spiro atoms. The lowest BCUT2D eigenvalue weighted by atomic mass is 9.86. The third-order valence-corrected chi connectivity index (χ3v) is 6.27. The van der Waals surface area contributed by atoms with Gasteiger partial charge in [0.1, 0.15) is 11.1 Å². The molecule has 0 bridgehead atoms. The van der Waals surface area contributed by atoms with Crippen molar-refractivity contribution in [3.8, 4) is 6.07 Å². The van der Waals surface area contributed by atoms with Gasteiger partial charge in [-0.2, -0.15) is 5.26 Å². The number of fused-ring (bicyclic) bond motifs is 1. The summed E-state index contributed by atoms with van der Waals surface area (Å²) in [5.41, 5.74) is 1.91. The van der Waals surface area contributed by atoms with E-state index in [-0.39, 0.29) is 11.5 Å². The van der Waals surface area contributed by atoms with Gasteiger partial charge in [-0.05, 0) is 42.9 Å². The lowest BCUT2D eigenvalue weighted by molar-refractivity contribution is 0.102. The number of nitrogens with one attached hydrogen (secondary N) is 1. The lowest BCUT2D eigenvalue weighted by Crippen LogP contribution is -2.13. The highest BCUT2D eigenvalue weighted by Crippen LogP contribution is 2.40. The van der Waals surface area contributed by atoms with Gasteiger partial charge in [-0.25, -0.2) is 0 Å². The van der Waals surface area contributed by atoms with Gasteiger partial charge in [0.05, 0.1) is 21.2 Å². The Kier molecular flexibility index (Phi) is 5.15. The lowest BCUT2D eigenvalue weighted by Gasteiger charge is -2.20. The number of nitriles is 1. The topological polar surface area (TPSA) is 52.9 Å². The van der Waals surface area contributed by atoms with Gasteiger partial charge in [0.2, 0.25) is 0 Å². The highest BCUT2D eigenvalue weighted by Gasteiger charge is 2.26. The number of benzene rings is 1. The summed E-state index contributed by atoms with van der Waals surface area (Å²) < 4.78 is 0. The second-order valence-corrected chi connectivity index (χ2v) is 7.81. The molecule has 0 radical (unpaired) electrons. The highest BCUT2D eigenvalue weighted by molar-refractivity contribution is 7.16. The van der Waals surface area contributed by atoms with E-state index in [1.54, 1.807) is 18.2 Å². The third-order valence-electron chi connectivity index (χ3n) is 4.47. The predicted molar refractivity (Wildman–Crippen MR) is 99.3 cm³/mol. The van der Waals surface area contributed by atoms with Crippen molar-refractivity contribution < 1.29 is 4.79 Å². The standard InChI is InChI=1S/C18H16Cl2N2OS/c1-2-10-6-7-11-12(9-21)18(24-15(11)8-10)22-17(23)16-13(19)4-3-5-14(16)20/h3-5,10H,2,6-8H2,1H3,(H,22,23). The summed E-state index contributed by atoms with van der Waals surface area (Å²) in [6, 6.07) is 7.19. The van der Waals surface area contributed by atoms with E-state index in [0.717, 1.165) is 31.2 Å². The number of thiophene rings is 1. The second kappa shape index (κ2) is 7.14. The van der Waals surface area contributed by atoms with Crippen molar-refractivity contribution in [1.82, 2.24) is 0 Å². The number of nitrogens with zero attached hydrogens (tertiary/aromatic N) is 1. The Hall–Kier alpha value is -1.54. The summed E-state index contributed by atoms with van der Waals surface area (Å²) in [7, 11) is 0. The molecule has 6 heteroatoms. The SMILES string of the molecule is CCC1CCc2c(sc(NC(=O)c3c(Cl)cccc3Cl)c2C#N)C1. The van der Waals surface area contributed by atoms with Crippen LogP contribution in [0.2, 0.25) is 10.0 Å². The van der Waals surface area contributed by atoms with E-state index in [9.17, 15) is 10.1 Å². The maximum atomic E-state index is 12.6. The average Bonchev–Trinajstić information content (AvgIpc) is 2.90. The Bertz CT molecular complexity index is 818. The van der Waals surface area contributed by atoms with Crippen LogP contribution in [0.15, 0.2) is 18.2 Å². The van der Waals surface area contributed by atoms with E-state index < -0.39 is 0 Å². The summed E-state index contributed by atoms with van der Waals surface area (Å²) >= 11 is 13.7. The van der Waals surface area contributed by atoms with Crippen LogP contribution >= 0.6 is 34.5 Å². The van der Waals surface area contributed by atoms with Gasteiger partial charge in [0.15, 0.2) is 0 Å². The van der Waals surface area contributed by atoms with Crippen LogP contribution in [0.1, 0.15) is 46.1 Å². The van der Waals surface area contributed by atoms with Crippen molar-refractivity contribution in [2.45, 2.75) is 32.6 Å². The Labute approximate surface area is 155 Å². The van der Waals surface area contributed by atoms with E-state index in [2.05, 4.69) is 18.3 Å². The van der Waals surface area contributed by atoms with E-state index in [0.29, 0.717) is 26.5 Å². The molecular weight excluding hydrogens is 363 g/mol. The number of amides is 1. The van der Waals surface area contributed by atoms with E-state index in [1.807, 2.05) is 0 Å². The van der Waals surface area contributed by atoms with Gasteiger partial charge >= 0.3 is 0 Å². The number of halogens is 2. The normalized spacial score (nSPS) is 16.3. The molecule has 1 aliphatic carbocycles. The Morgan fingerprint density at radius 1 is 1.42 bits per heavy atom. The van der Waals surface area contributed by atoms with Crippen LogP contribution in [0, 0.1) is 17.2 Å².